The molecule has 0 bridgehead atoms. The van der Waals surface area contributed by atoms with Gasteiger partial charge in [0.25, 0.3) is 0 Å². The highest BCUT2D eigenvalue weighted by Crippen LogP contribution is 2.25. The summed E-state index contributed by atoms with van der Waals surface area (Å²) in [6, 6.07) is 8.22. The van der Waals surface area contributed by atoms with Gasteiger partial charge in [-0.1, -0.05) is 32.0 Å². The fraction of sp³-hybridized carbons (Fsp3) is 0.533. The lowest BCUT2D eigenvalue weighted by atomic mass is 9.86. The Balaban J connectivity index is 2.51. The second-order valence-electron chi connectivity index (χ2n) is 5.61. The molecule has 1 rings (SSSR count). The van der Waals surface area contributed by atoms with Crippen LogP contribution in [0.5, 0.6) is 0 Å². The van der Waals surface area contributed by atoms with Gasteiger partial charge in [-0.15, -0.1) is 0 Å². The van der Waals surface area contributed by atoms with Crippen molar-refractivity contribution in [2.75, 3.05) is 13.2 Å². The molecule has 0 aliphatic heterocycles. The van der Waals surface area contributed by atoms with Gasteiger partial charge in [-0.05, 0) is 30.9 Å². The third-order valence-corrected chi connectivity index (χ3v) is 4.55. The van der Waals surface area contributed by atoms with Crippen LogP contribution in [0.15, 0.2) is 35.2 Å². The zero-order valence-electron chi connectivity index (χ0n) is 12.8. The summed E-state index contributed by atoms with van der Waals surface area (Å²) in [5.74, 6) is -0.256. The Morgan fingerprint density at radius 3 is 2.43 bits per heavy atom. The minimum Gasteiger partial charge on any atom is -0.466 e. The first-order valence-corrected chi connectivity index (χ1v) is 8.45. The molecule has 118 valence electrons. The van der Waals surface area contributed by atoms with Gasteiger partial charge in [0.05, 0.1) is 17.9 Å². The number of rotatable bonds is 8. The van der Waals surface area contributed by atoms with Crippen LogP contribution in [0.3, 0.4) is 0 Å². The minimum atomic E-state index is -3.49. The molecule has 0 saturated carbocycles. The highest BCUT2D eigenvalue weighted by atomic mass is 32.2. The van der Waals surface area contributed by atoms with Crippen molar-refractivity contribution >= 4 is 16.0 Å². The van der Waals surface area contributed by atoms with Crippen LogP contribution in [0.1, 0.15) is 33.6 Å². The average molecular weight is 313 g/mol. The molecule has 5 nitrogen and oxygen atoms in total. The summed E-state index contributed by atoms with van der Waals surface area (Å²) in [7, 11) is -3.49. The van der Waals surface area contributed by atoms with Crippen LogP contribution in [0.4, 0.5) is 0 Å². The molecule has 1 aromatic rings. The molecule has 1 aromatic carbocycles. The van der Waals surface area contributed by atoms with Gasteiger partial charge in [0.2, 0.25) is 10.0 Å². The van der Waals surface area contributed by atoms with Crippen molar-refractivity contribution in [3.63, 3.8) is 0 Å². The number of ether oxygens (including phenoxy) is 1. The van der Waals surface area contributed by atoms with Gasteiger partial charge >= 0.3 is 5.97 Å². The molecule has 0 aliphatic rings. The Morgan fingerprint density at radius 2 is 1.86 bits per heavy atom. The van der Waals surface area contributed by atoms with E-state index in [1.54, 1.807) is 37.3 Å². The Bertz CT molecular complexity index is 552. The first kappa shape index (κ1) is 17.7. The van der Waals surface area contributed by atoms with Crippen molar-refractivity contribution in [2.45, 2.75) is 38.5 Å². The molecule has 0 radical (unpaired) electrons. The van der Waals surface area contributed by atoms with Gasteiger partial charge in [-0.25, -0.2) is 13.1 Å². The number of carbonyl (C=O) groups is 1. The second-order valence-corrected chi connectivity index (χ2v) is 7.37. The Kier molecular flexibility index (Phi) is 6.36. The van der Waals surface area contributed by atoms with Gasteiger partial charge in [-0.3, -0.25) is 4.79 Å². The summed E-state index contributed by atoms with van der Waals surface area (Å²) in [5, 5.41) is 0. The summed E-state index contributed by atoms with van der Waals surface area (Å²) in [6.45, 7) is 6.24. The van der Waals surface area contributed by atoms with Gasteiger partial charge < -0.3 is 4.74 Å². The van der Waals surface area contributed by atoms with Crippen LogP contribution >= 0.6 is 0 Å². The number of esters is 1. The van der Waals surface area contributed by atoms with Crippen molar-refractivity contribution in [2.24, 2.45) is 5.41 Å². The maximum Gasteiger partial charge on any atom is 0.306 e. The lowest BCUT2D eigenvalue weighted by Gasteiger charge is -2.23. The molecule has 0 spiro atoms. The lowest BCUT2D eigenvalue weighted by molar-refractivity contribution is -0.145. The van der Waals surface area contributed by atoms with E-state index in [0.717, 1.165) is 0 Å². The van der Waals surface area contributed by atoms with E-state index >= 15 is 0 Å². The summed E-state index contributed by atoms with van der Waals surface area (Å²) >= 11 is 0. The number of sulfonamides is 1. The van der Waals surface area contributed by atoms with E-state index in [2.05, 4.69) is 4.72 Å². The predicted octanol–water partition coefficient (Wildman–Crippen LogP) is 2.33. The summed E-state index contributed by atoms with van der Waals surface area (Å²) in [5.41, 5.74) is -0.314. The van der Waals surface area contributed by atoms with Crippen LogP contribution in [-0.4, -0.2) is 27.5 Å². The van der Waals surface area contributed by atoms with Gasteiger partial charge in [-0.2, -0.15) is 0 Å². The van der Waals surface area contributed by atoms with Crippen molar-refractivity contribution in [3.05, 3.63) is 30.3 Å². The minimum absolute atomic E-state index is 0.244. The first-order chi connectivity index (χ1) is 9.77. The van der Waals surface area contributed by atoms with E-state index in [9.17, 15) is 13.2 Å². The van der Waals surface area contributed by atoms with E-state index in [1.165, 1.54) is 0 Å². The Labute approximate surface area is 126 Å². The van der Waals surface area contributed by atoms with E-state index in [1.807, 2.05) is 13.8 Å². The molecular weight excluding hydrogens is 290 g/mol. The number of hydrogen-bond donors (Lipinski definition) is 1. The molecule has 0 aliphatic carbocycles. The van der Waals surface area contributed by atoms with E-state index in [-0.39, 0.29) is 29.2 Å². The van der Waals surface area contributed by atoms with Crippen LogP contribution < -0.4 is 4.72 Å². The Morgan fingerprint density at radius 1 is 1.24 bits per heavy atom. The third kappa shape index (κ3) is 6.27. The van der Waals surface area contributed by atoms with Crippen LogP contribution in [0, 0.1) is 5.41 Å². The molecule has 21 heavy (non-hydrogen) atoms. The fourth-order valence-corrected chi connectivity index (χ4v) is 2.95. The van der Waals surface area contributed by atoms with E-state index in [0.29, 0.717) is 13.0 Å². The highest BCUT2D eigenvalue weighted by molar-refractivity contribution is 7.89. The molecule has 0 aromatic heterocycles. The molecule has 0 atom stereocenters. The van der Waals surface area contributed by atoms with Crippen LogP contribution in [0.2, 0.25) is 0 Å². The van der Waals surface area contributed by atoms with Gasteiger partial charge in [0, 0.05) is 6.54 Å². The maximum absolute atomic E-state index is 12.0. The highest BCUT2D eigenvalue weighted by Gasteiger charge is 2.23. The van der Waals surface area contributed by atoms with Gasteiger partial charge in [0.15, 0.2) is 0 Å². The monoisotopic (exact) mass is 313 g/mol. The van der Waals surface area contributed by atoms with Crippen LogP contribution in [0.25, 0.3) is 0 Å². The Hall–Kier alpha value is -1.40. The molecular formula is C15H23NO4S. The number of benzene rings is 1. The van der Waals surface area contributed by atoms with Crippen molar-refractivity contribution < 1.29 is 17.9 Å². The molecule has 6 heteroatoms. The molecule has 1 N–H and O–H groups in total. The predicted molar refractivity (Wildman–Crippen MR) is 81.3 cm³/mol. The average Bonchev–Trinajstić information content (AvgIpc) is 2.38. The fourth-order valence-electron chi connectivity index (χ4n) is 1.90. The smallest absolute Gasteiger partial charge is 0.306 e. The topological polar surface area (TPSA) is 72.5 Å². The quantitative estimate of drug-likeness (QED) is 0.748. The zero-order valence-corrected chi connectivity index (χ0v) is 13.6. The molecule has 0 unspecified atom stereocenters. The summed E-state index contributed by atoms with van der Waals surface area (Å²) < 4.78 is 31.6. The summed E-state index contributed by atoms with van der Waals surface area (Å²) in [6.07, 6.45) is 0.825. The maximum atomic E-state index is 12.0. The normalized spacial score (nSPS) is 12.1. The number of carbonyl (C=O) groups excluding carboxylic acids is 1. The standard InChI is InChI=1S/C15H23NO4S/c1-4-20-14(17)12-15(2,3)10-11-16-21(18,19)13-8-6-5-7-9-13/h5-9,16H,4,10-12H2,1-3H3. The molecule has 0 heterocycles. The van der Waals surface area contributed by atoms with Crippen molar-refractivity contribution in [1.29, 1.82) is 0 Å². The lowest BCUT2D eigenvalue weighted by Crippen LogP contribution is -2.29. The van der Waals surface area contributed by atoms with Crippen molar-refractivity contribution in [3.8, 4) is 0 Å². The second kappa shape index (κ2) is 7.56. The number of nitrogens with one attached hydrogen (secondary N) is 1. The molecule has 0 fully saturated rings. The van der Waals surface area contributed by atoms with Crippen LogP contribution in [-0.2, 0) is 19.6 Å². The third-order valence-electron chi connectivity index (χ3n) is 3.08. The number of hydrogen-bond acceptors (Lipinski definition) is 4. The molecule has 0 amide bonds. The largest absolute Gasteiger partial charge is 0.466 e. The van der Waals surface area contributed by atoms with E-state index < -0.39 is 10.0 Å². The first-order valence-electron chi connectivity index (χ1n) is 6.97. The van der Waals surface area contributed by atoms with Crippen molar-refractivity contribution in [1.82, 2.24) is 4.72 Å². The SMILES string of the molecule is CCOC(=O)CC(C)(C)CCNS(=O)(=O)c1ccccc1. The summed E-state index contributed by atoms with van der Waals surface area (Å²) in [4.78, 5) is 11.7. The van der Waals surface area contributed by atoms with E-state index in [4.69, 9.17) is 4.74 Å². The zero-order chi connectivity index (χ0) is 15.9. The van der Waals surface area contributed by atoms with Gasteiger partial charge in [0.1, 0.15) is 0 Å². The molecule has 0 saturated heterocycles.